The highest BCUT2D eigenvalue weighted by Gasteiger charge is 2.14. The molecular formula is C19H27N5O2. The van der Waals surface area contributed by atoms with Crippen LogP contribution in [0.4, 0.5) is 5.82 Å². The number of nitrogens with one attached hydrogen (secondary N) is 1. The van der Waals surface area contributed by atoms with Gasteiger partial charge in [-0.05, 0) is 38.1 Å². The van der Waals surface area contributed by atoms with Crippen molar-refractivity contribution in [3.63, 3.8) is 0 Å². The Kier molecular flexibility index (Phi) is 5.88. The summed E-state index contributed by atoms with van der Waals surface area (Å²) in [7, 11) is 3.60. The zero-order valence-corrected chi connectivity index (χ0v) is 15.6. The first kappa shape index (κ1) is 18.4. The summed E-state index contributed by atoms with van der Waals surface area (Å²) in [5.74, 6) is 0.363. The van der Waals surface area contributed by atoms with Crippen LogP contribution in [0.3, 0.4) is 0 Å². The van der Waals surface area contributed by atoms with Crippen LogP contribution < -0.4 is 15.8 Å². The lowest BCUT2D eigenvalue weighted by Gasteiger charge is -2.17. The minimum absolute atomic E-state index is 0.0246. The Balaban J connectivity index is 1.66. The van der Waals surface area contributed by atoms with Crippen molar-refractivity contribution < 1.29 is 4.79 Å². The van der Waals surface area contributed by atoms with E-state index in [2.05, 4.69) is 15.2 Å². The second-order valence-corrected chi connectivity index (χ2v) is 6.92. The number of carbonyl (C=O) groups excluding carboxylic acids is 1. The van der Waals surface area contributed by atoms with Crippen LogP contribution >= 0.6 is 0 Å². The number of rotatable bonds is 7. The van der Waals surface area contributed by atoms with Gasteiger partial charge in [0.2, 0.25) is 5.91 Å². The molecule has 2 aromatic rings. The summed E-state index contributed by atoms with van der Waals surface area (Å²) in [5.41, 5.74) is 1.34. The number of nitrogens with zero attached hydrogens (tertiary/aromatic N) is 4. The average Bonchev–Trinajstić information content (AvgIpc) is 3.13. The molecule has 1 aliphatic heterocycles. The molecule has 0 aliphatic carbocycles. The number of aryl methyl sites for hydroxylation is 1. The number of hydrogen-bond donors (Lipinski definition) is 1. The lowest BCUT2D eigenvalue weighted by Crippen LogP contribution is -2.35. The zero-order chi connectivity index (χ0) is 18.5. The van der Waals surface area contributed by atoms with E-state index in [1.54, 1.807) is 23.6 Å². The van der Waals surface area contributed by atoms with Gasteiger partial charge < -0.3 is 19.7 Å². The maximum atomic E-state index is 12.7. The van der Waals surface area contributed by atoms with E-state index in [-0.39, 0.29) is 17.9 Å². The van der Waals surface area contributed by atoms with E-state index in [4.69, 9.17) is 0 Å². The first-order valence-corrected chi connectivity index (χ1v) is 9.22. The summed E-state index contributed by atoms with van der Waals surface area (Å²) in [6.45, 7) is 4.16. The molecule has 7 nitrogen and oxygen atoms in total. The van der Waals surface area contributed by atoms with Crippen molar-refractivity contribution >= 4 is 22.8 Å². The van der Waals surface area contributed by atoms with E-state index in [9.17, 15) is 9.59 Å². The molecule has 26 heavy (non-hydrogen) atoms. The molecule has 0 radical (unpaired) electrons. The highest BCUT2D eigenvalue weighted by molar-refractivity contribution is 5.78. The summed E-state index contributed by atoms with van der Waals surface area (Å²) in [4.78, 5) is 33.4. The van der Waals surface area contributed by atoms with Crippen LogP contribution in [-0.2, 0) is 11.3 Å². The Morgan fingerprint density at radius 2 is 1.92 bits per heavy atom. The van der Waals surface area contributed by atoms with Crippen molar-refractivity contribution in [2.75, 3.05) is 45.2 Å². The summed E-state index contributed by atoms with van der Waals surface area (Å²) >= 11 is 0. The van der Waals surface area contributed by atoms with Crippen LogP contribution in [0.15, 0.2) is 29.1 Å². The molecule has 0 saturated carbocycles. The van der Waals surface area contributed by atoms with Gasteiger partial charge in [0, 0.05) is 40.2 Å². The van der Waals surface area contributed by atoms with Gasteiger partial charge in [-0.3, -0.25) is 9.59 Å². The van der Waals surface area contributed by atoms with E-state index in [0.29, 0.717) is 18.9 Å². The molecule has 2 heterocycles. The number of para-hydroxylation sites is 2. The molecule has 3 rings (SSSR count). The fourth-order valence-corrected chi connectivity index (χ4v) is 3.35. The molecule has 0 atom stereocenters. The summed E-state index contributed by atoms with van der Waals surface area (Å²) in [6, 6.07) is 7.53. The Labute approximate surface area is 153 Å². The predicted octanol–water partition coefficient (Wildman–Crippen LogP) is 1.06. The van der Waals surface area contributed by atoms with Gasteiger partial charge in [0.25, 0.3) is 5.56 Å². The van der Waals surface area contributed by atoms with Crippen molar-refractivity contribution in [1.82, 2.24) is 19.8 Å². The molecule has 0 unspecified atom stereocenters. The summed E-state index contributed by atoms with van der Waals surface area (Å²) < 4.78 is 1.65. The number of aromatic nitrogens is 2. The Morgan fingerprint density at radius 1 is 1.19 bits per heavy atom. The maximum absolute atomic E-state index is 12.7. The Hall–Kier alpha value is -2.41. The Bertz CT molecular complexity index is 824. The molecule has 0 spiro atoms. The van der Waals surface area contributed by atoms with E-state index in [1.807, 2.05) is 24.3 Å². The number of carbonyl (C=O) groups is 1. The zero-order valence-electron chi connectivity index (χ0n) is 15.6. The third-order valence-corrected chi connectivity index (χ3v) is 4.77. The van der Waals surface area contributed by atoms with E-state index in [1.165, 1.54) is 12.8 Å². The molecule has 1 aromatic carbocycles. The largest absolute Gasteiger partial charge is 0.358 e. The van der Waals surface area contributed by atoms with Gasteiger partial charge >= 0.3 is 0 Å². The smallest absolute Gasteiger partial charge is 0.293 e. The van der Waals surface area contributed by atoms with Crippen molar-refractivity contribution in [3.05, 3.63) is 34.6 Å². The highest BCUT2D eigenvalue weighted by atomic mass is 16.2. The van der Waals surface area contributed by atoms with Gasteiger partial charge in [-0.25, -0.2) is 4.98 Å². The van der Waals surface area contributed by atoms with Crippen LogP contribution in [0.25, 0.3) is 11.0 Å². The molecule has 1 aromatic heterocycles. The number of anilines is 1. The summed E-state index contributed by atoms with van der Waals surface area (Å²) in [5, 5.41) is 2.96. The second-order valence-electron chi connectivity index (χ2n) is 6.92. The van der Waals surface area contributed by atoms with Crippen LogP contribution in [-0.4, -0.2) is 60.6 Å². The third kappa shape index (κ3) is 4.22. The van der Waals surface area contributed by atoms with E-state index in [0.717, 1.165) is 30.7 Å². The lowest BCUT2D eigenvalue weighted by molar-refractivity contribution is -0.121. The van der Waals surface area contributed by atoms with Crippen molar-refractivity contribution in [2.45, 2.75) is 25.8 Å². The fourth-order valence-electron chi connectivity index (χ4n) is 3.35. The van der Waals surface area contributed by atoms with Gasteiger partial charge in [-0.2, -0.15) is 0 Å². The topological polar surface area (TPSA) is 70.5 Å². The van der Waals surface area contributed by atoms with Crippen LogP contribution in [0.1, 0.15) is 19.3 Å². The monoisotopic (exact) mass is 357 g/mol. The fraction of sp³-hybridized carbons (Fsp3) is 0.526. The quantitative estimate of drug-likeness (QED) is 0.803. The second kappa shape index (κ2) is 8.31. The molecule has 1 N–H and O–H groups in total. The number of hydrogen-bond acceptors (Lipinski definition) is 5. The number of likely N-dealkylation sites (tertiary alicyclic amines) is 1. The standard InChI is InChI=1S/C19H27N5O2/c1-22(2)18-19(26)24(16-8-4-3-7-15(16)21-18)13-9-17(25)20-10-14-23-11-5-6-12-23/h3-4,7-8H,5-6,9-14H2,1-2H3,(H,20,25). The van der Waals surface area contributed by atoms with E-state index >= 15 is 0 Å². The molecule has 1 aliphatic rings. The maximum Gasteiger partial charge on any atom is 0.293 e. The molecule has 1 amide bonds. The number of amides is 1. The van der Waals surface area contributed by atoms with Crippen LogP contribution in [0.5, 0.6) is 0 Å². The van der Waals surface area contributed by atoms with E-state index < -0.39 is 0 Å². The molecule has 1 saturated heterocycles. The summed E-state index contributed by atoms with van der Waals surface area (Å²) in [6.07, 6.45) is 2.78. The molecular weight excluding hydrogens is 330 g/mol. The minimum Gasteiger partial charge on any atom is -0.358 e. The third-order valence-electron chi connectivity index (χ3n) is 4.77. The SMILES string of the molecule is CN(C)c1nc2ccccc2n(CCC(=O)NCCN2CCCC2)c1=O. The predicted molar refractivity (Wildman–Crippen MR) is 104 cm³/mol. The number of fused-ring (bicyclic) bond motifs is 1. The Morgan fingerprint density at radius 3 is 2.65 bits per heavy atom. The first-order valence-electron chi connectivity index (χ1n) is 9.22. The normalized spacial score (nSPS) is 14.7. The lowest BCUT2D eigenvalue weighted by atomic mass is 10.2. The van der Waals surface area contributed by atoms with Crippen LogP contribution in [0, 0.1) is 0 Å². The first-order chi connectivity index (χ1) is 12.6. The van der Waals surface area contributed by atoms with Gasteiger partial charge in [-0.1, -0.05) is 12.1 Å². The molecule has 140 valence electrons. The average molecular weight is 357 g/mol. The van der Waals surface area contributed by atoms with Crippen molar-refractivity contribution in [2.24, 2.45) is 0 Å². The number of benzene rings is 1. The highest BCUT2D eigenvalue weighted by Crippen LogP contribution is 2.13. The van der Waals surface area contributed by atoms with Crippen LogP contribution in [0.2, 0.25) is 0 Å². The van der Waals surface area contributed by atoms with Crippen molar-refractivity contribution in [3.8, 4) is 0 Å². The van der Waals surface area contributed by atoms with Gasteiger partial charge in [-0.15, -0.1) is 0 Å². The molecule has 1 fully saturated rings. The van der Waals surface area contributed by atoms with Gasteiger partial charge in [0.05, 0.1) is 11.0 Å². The van der Waals surface area contributed by atoms with Crippen molar-refractivity contribution in [1.29, 1.82) is 0 Å². The molecule has 7 heteroatoms. The molecule has 0 bridgehead atoms. The van der Waals surface area contributed by atoms with Gasteiger partial charge in [0.1, 0.15) is 0 Å². The van der Waals surface area contributed by atoms with Gasteiger partial charge in [0.15, 0.2) is 5.82 Å². The minimum atomic E-state index is -0.168.